The SMILES string of the molecule is COCN1C2NC(CC(c3c(C)cccc3C)N2)OC[C@@H](CC(C)C)N(c2cnn(Cc3ccccc3)c2)CC2CCCC(C2)S1(=O)=O. The van der Waals surface area contributed by atoms with Crippen LogP contribution >= 0.6 is 0 Å². The van der Waals surface area contributed by atoms with E-state index in [-0.39, 0.29) is 31.0 Å². The normalized spacial score (nSPS) is 28.4. The predicted molar refractivity (Wildman–Crippen MR) is 190 cm³/mol. The number of aryl methyl sites for hydroxylation is 2. The van der Waals surface area contributed by atoms with Gasteiger partial charge in [-0.2, -0.15) is 5.10 Å². The van der Waals surface area contributed by atoms with Crippen LogP contribution in [0.1, 0.15) is 80.7 Å². The Kier molecular flexibility index (Phi) is 11.2. The Morgan fingerprint density at radius 1 is 1.02 bits per heavy atom. The van der Waals surface area contributed by atoms with Crippen molar-refractivity contribution in [3.8, 4) is 0 Å². The molecular weight excluding hydrogens is 625 g/mol. The van der Waals surface area contributed by atoms with E-state index in [1.54, 1.807) is 7.11 Å². The lowest BCUT2D eigenvalue weighted by Gasteiger charge is -2.43. The topological polar surface area (TPSA) is 101 Å². The summed E-state index contributed by atoms with van der Waals surface area (Å²) in [5.41, 5.74) is 5.81. The first-order valence-electron chi connectivity index (χ1n) is 17.6. The highest BCUT2D eigenvalue weighted by Gasteiger charge is 2.44. The summed E-state index contributed by atoms with van der Waals surface area (Å²) < 4.78 is 45.0. The molecule has 2 aromatic carbocycles. The molecule has 3 fully saturated rings. The van der Waals surface area contributed by atoms with Gasteiger partial charge in [0, 0.05) is 32.3 Å². The maximum atomic E-state index is 14.5. The van der Waals surface area contributed by atoms with Crippen molar-refractivity contribution in [2.45, 2.75) is 103 Å². The standard InChI is InChI=1S/C37H54N6O4S/c1-26(2)17-31-24-47-35-19-34(36-27(3)11-9-12-28(36)4)39-37(40-35)43(25-46-5)48(44,45)33-16-10-15-30(18-33)22-42(31)32-20-38-41(23-32)21-29-13-7-6-8-14-29/h6-9,11-14,20,23,26,30-31,33-35,37,39-40H,10,15-19,21-22,24-25H2,1-5H3/t30?,31-,33?,34?,35?,37?/m1/s1. The summed E-state index contributed by atoms with van der Waals surface area (Å²) in [6, 6.07) is 16.7. The van der Waals surface area contributed by atoms with Crippen LogP contribution in [0.2, 0.25) is 0 Å². The molecule has 1 saturated carbocycles. The Morgan fingerprint density at radius 2 is 1.79 bits per heavy atom. The lowest BCUT2D eigenvalue weighted by atomic mass is 9.87. The van der Waals surface area contributed by atoms with Gasteiger partial charge in [-0.3, -0.25) is 15.3 Å². The molecular formula is C37H54N6O4S. The number of methoxy groups -OCH3 is 1. The van der Waals surface area contributed by atoms with Crippen molar-refractivity contribution in [2.24, 2.45) is 11.8 Å². The summed E-state index contributed by atoms with van der Waals surface area (Å²) in [6.07, 6.45) is 7.83. The van der Waals surface area contributed by atoms with Crippen LogP contribution in [0.15, 0.2) is 60.9 Å². The molecule has 0 amide bonds. The van der Waals surface area contributed by atoms with Crippen LogP contribution in [-0.2, 0) is 26.0 Å². The number of sulfonamides is 1. The zero-order chi connectivity index (χ0) is 33.8. The van der Waals surface area contributed by atoms with Crippen molar-refractivity contribution in [3.05, 3.63) is 83.2 Å². The largest absolute Gasteiger partial charge is 0.368 e. The molecule has 2 aliphatic heterocycles. The zero-order valence-electron chi connectivity index (χ0n) is 29.2. The predicted octanol–water partition coefficient (Wildman–Crippen LogP) is 5.53. The molecule has 6 rings (SSSR count). The van der Waals surface area contributed by atoms with E-state index in [0.717, 1.165) is 31.5 Å². The Labute approximate surface area is 287 Å². The van der Waals surface area contributed by atoms with E-state index in [2.05, 4.69) is 91.9 Å². The highest BCUT2D eigenvalue weighted by Crippen LogP contribution is 2.36. The first-order valence-corrected chi connectivity index (χ1v) is 19.1. The summed E-state index contributed by atoms with van der Waals surface area (Å²) in [4.78, 5) is 2.47. The Morgan fingerprint density at radius 3 is 2.52 bits per heavy atom. The number of rotatable bonds is 8. The van der Waals surface area contributed by atoms with Crippen LogP contribution in [0.5, 0.6) is 0 Å². The molecule has 11 heteroatoms. The van der Waals surface area contributed by atoms with Gasteiger partial charge in [0.1, 0.15) is 19.2 Å². The second-order valence-electron chi connectivity index (χ2n) is 14.5. The zero-order valence-corrected chi connectivity index (χ0v) is 30.0. The van der Waals surface area contributed by atoms with Gasteiger partial charge in [0.15, 0.2) is 0 Å². The van der Waals surface area contributed by atoms with Crippen molar-refractivity contribution < 1.29 is 17.9 Å². The Bertz CT molecular complexity index is 1580. The fourth-order valence-corrected chi connectivity index (χ4v) is 10.1. The second-order valence-corrected chi connectivity index (χ2v) is 16.6. The van der Waals surface area contributed by atoms with Gasteiger partial charge in [-0.15, -0.1) is 4.31 Å². The van der Waals surface area contributed by atoms with Gasteiger partial charge in [-0.25, -0.2) is 8.42 Å². The van der Waals surface area contributed by atoms with Gasteiger partial charge in [-0.1, -0.05) is 68.8 Å². The van der Waals surface area contributed by atoms with Crippen molar-refractivity contribution in [2.75, 3.05) is 31.9 Å². The molecule has 2 N–H and O–H groups in total. The average Bonchev–Trinajstić information content (AvgIpc) is 3.52. The van der Waals surface area contributed by atoms with Gasteiger partial charge in [0.2, 0.25) is 10.0 Å². The quantitative estimate of drug-likeness (QED) is 0.321. The van der Waals surface area contributed by atoms with E-state index in [9.17, 15) is 8.42 Å². The number of fused-ring (bicyclic) bond motifs is 4. The minimum absolute atomic E-state index is 0.0386. The average molecular weight is 679 g/mol. The van der Waals surface area contributed by atoms with E-state index >= 15 is 0 Å². The first kappa shape index (κ1) is 35.0. The van der Waals surface area contributed by atoms with E-state index in [1.807, 2.05) is 16.9 Å². The summed E-state index contributed by atoms with van der Waals surface area (Å²) in [5, 5.41) is 11.5. The Hall–Kier alpha value is -2.80. The molecule has 3 heterocycles. The van der Waals surface area contributed by atoms with Crippen LogP contribution < -0.4 is 15.5 Å². The molecule has 3 aromatic rings. The molecule has 4 bridgehead atoms. The van der Waals surface area contributed by atoms with E-state index in [4.69, 9.17) is 14.6 Å². The van der Waals surface area contributed by atoms with E-state index < -0.39 is 21.6 Å². The van der Waals surface area contributed by atoms with Gasteiger partial charge < -0.3 is 14.4 Å². The highest BCUT2D eigenvalue weighted by atomic mass is 32.2. The molecule has 262 valence electrons. The number of hydrogen-bond donors (Lipinski definition) is 2. The summed E-state index contributed by atoms with van der Waals surface area (Å²) in [7, 11) is -2.16. The lowest BCUT2D eigenvalue weighted by Crippen LogP contribution is -2.65. The van der Waals surface area contributed by atoms with Crippen LogP contribution in [0, 0.1) is 25.7 Å². The number of nitrogens with zero attached hydrogens (tertiary/aromatic N) is 4. The van der Waals surface area contributed by atoms with E-state index in [0.29, 0.717) is 38.3 Å². The second kappa shape index (κ2) is 15.4. The van der Waals surface area contributed by atoms with Crippen LogP contribution in [-0.4, -0.2) is 73.3 Å². The van der Waals surface area contributed by atoms with E-state index in [1.165, 1.54) is 26.6 Å². The molecule has 3 aliphatic rings. The van der Waals surface area contributed by atoms with Gasteiger partial charge in [0.25, 0.3) is 0 Å². The number of benzene rings is 2. The van der Waals surface area contributed by atoms with Gasteiger partial charge >= 0.3 is 0 Å². The molecule has 5 unspecified atom stereocenters. The molecule has 1 aliphatic carbocycles. The van der Waals surface area contributed by atoms with Crippen LogP contribution in [0.25, 0.3) is 0 Å². The molecule has 1 aromatic heterocycles. The fourth-order valence-electron chi connectivity index (χ4n) is 8.08. The molecule has 0 spiro atoms. The summed E-state index contributed by atoms with van der Waals surface area (Å²) >= 11 is 0. The Balaban J connectivity index is 1.38. The summed E-state index contributed by atoms with van der Waals surface area (Å²) in [6.45, 7) is 10.7. The molecule has 2 saturated heterocycles. The lowest BCUT2D eigenvalue weighted by molar-refractivity contribution is -0.0516. The summed E-state index contributed by atoms with van der Waals surface area (Å²) in [5.74, 6) is 0.669. The number of hydrogen-bond acceptors (Lipinski definition) is 8. The number of aromatic nitrogens is 2. The minimum Gasteiger partial charge on any atom is -0.368 e. The molecule has 6 atom stereocenters. The van der Waals surface area contributed by atoms with Crippen molar-refractivity contribution in [1.29, 1.82) is 0 Å². The monoisotopic (exact) mass is 678 g/mol. The number of anilines is 1. The molecule has 48 heavy (non-hydrogen) atoms. The van der Waals surface area contributed by atoms with Crippen LogP contribution in [0.4, 0.5) is 5.69 Å². The fraction of sp³-hybridized carbons (Fsp3) is 0.595. The number of nitrogens with one attached hydrogen (secondary N) is 2. The van der Waals surface area contributed by atoms with Crippen molar-refractivity contribution >= 4 is 15.7 Å². The maximum Gasteiger partial charge on any atom is 0.221 e. The van der Waals surface area contributed by atoms with Crippen LogP contribution in [0.3, 0.4) is 0 Å². The van der Waals surface area contributed by atoms with Gasteiger partial charge in [0.05, 0.1) is 36.3 Å². The third-order valence-corrected chi connectivity index (χ3v) is 12.6. The molecule has 10 nitrogen and oxygen atoms in total. The smallest absolute Gasteiger partial charge is 0.221 e. The highest BCUT2D eigenvalue weighted by molar-refractivity contribution is 7.89. The van der Waals surface area contributed by atoms with Crippen molar-refractivity contribution in [1.82, 2.24) is 24.7 Å². The minimum atomic E-state index is -3.73. The third-order valence-electron chi connectivity index (χ3n) is 10.3. The van der Waals surface area contributed by atoms with Gasteiger partial charge in [-0.05, 0) is 73.6 Å². The molecule has 0 radical (unpaired) electrons. The third kappa shape index (κ3) is 7.98. The maximum absolute atomic E-state index is 14.5. The number of ether oxygens (including phenoxy) is 2. The first-order chi connectivity index (χ1) is 23.1. The van der Waals surface area contributed by atoms with Crippen molar-refractivity contribution in [3.63, 3.8) is 0 Å².